The van der Waals surface area contributed by atoms with E-state index in [4.69, 9.17) is 5.11 Å². The molecular weight excluding hydrogens is 210 g/mol. The molecule has 84 valence electrons. The first-order valence-corrected chi connectivity index (χ1v) is 5.91. The maximum atomic E-state index is 10.6. The van der Waals surface area contributed by atoms with Crippen molar-refractivity contribution in [2.24, 2.45) is 5.92 Å². The fraction of sp³-hybridized carbons (Fsp3) is 0.545. The van der Waals surface area contributed by atoms with Crippen LogP contribution < -0.4 is 0 Å². The van der Waals surface area contributed by atoms with E-state index >= 15 is 0 Å². The Kier molecular flexibility index (Phi) is 4.78. The van der Waals surface area contributed by atoms with E-state index < -0.39 is 5.97 Å². The van der Waals surface area contributed by atoms with Gasteiger partial charge in [0.1, 0.15) is 0 Å². The van der Waals surface area contributed by atoms with Gasteiger partial charge in [-0.3, -0.25) is 4.79 Å². The van der Waals surface area contributed by atoms with Crippen LogP contribution in [0.1, 0.15) is 18.2 Å². The Hall–Kier alpha value is -0.870. The van der Waals surface area contributed by atoms with Gasteiger partial charge in [-0.15, -0.1) is 11.3 Å². The predicted octanol–water partition coefficient (Wildman–Crippen LogP) is 2.29. The first-order chi connectivity index (χ1) is 7.09. The maximum absolute atomic E-state index is 10.6. The van der Waals surface area contributed by atoms with E-state index in [2.05, 4.69) is 16.3 Å². The Morgan fingerprint density at radius 2 is 2.40 bits per heavy atom. The minimum atomic E-state index is -0.709. The van der Waals surface area contributed by atoms with Crippen LogP contribution >= 0.6 is 11.3 Å². The van der Waals surface area contributed by atoms with Crippen LogP contribution in [0.5, 0.6) is 0 Å². The first-order valence-electron chi connectivity index (χ1n) is 5.03. The fourth-order valence-electron chi connectivity index (χ4n) is 1.29. The molecule has 0 amide bonds. The summed E-state index contributed by atoms with van der Waals surface area (Å²) in [4.78, 5) is 14.1. The molecule has 0 fully saturated rings. The molecule has 0 aliphatic rings. The van der Waals surface area contributed by atoms with Crippen molar-refractivity contribution in [3.63, 3.8) is 0 Å². The molecule has 1 N–H and O–H groups in total. The monoisotopic (exact) mass is 227 g/mol. The van der Waals surface area contributed by atoms with E-state index in [1.165, 1.54) is 4.88 Å². The second-order valence-corrected chi connectivity index (χ2v) is 4.88. The van der Waals surface area contributed by atoms with Gasteiger partial charge in [0.05, 0.1) is 5.92 Å². The fourth-order valence-corrected chi connectivity index (χ4v) is 2.07. The number of hydrogen-bond acceptors (Lipinski definition) is 3. The number of carboxylic acid groups (broad SMARTS) is 1. The average Bonchev–Trinajstić information content (AvgIpc) is 2.66. The van der Waals surface area contributed by atoms with Gasteiger partial charge in [0.15, 0.2) is 0 Å². The van der Waals surface area contributed by atoms with E-state index in [0.29, 0.717) is 6.42 Å². The van der Waals surface area contributed by atoms with Gasteiger partial charge in [-0.25, -0.2) is 0 Å². The Morgan fingerprint density at radius 1 is 1.67 bits per heavy atom. The number of thiophene rings is 1. The molecular formula is C11H17NO2S. The maximum Gasteiger partial charge on any atom is 0.306 e. The van der Waals surface area contributed by atoms with Crippen LogP contribution in [-0.4, -0.2) is 29.6 Å². The largest absolute Gasteiger partial charge is 0.481 e. The second kappa shape index (κ2) is 5.88. The van der Waals surface area contributed by atoms with Gasteiger partial charge in [-0.2, -0.15) is 0 Å². The van der Waals surface area contributed by atoms with Crippen molar-refractivity contribution in [2.75, 3.05) is 13.6 Å². The van der Waals surface area contributed by atoms with Crippen molar-refractivity contribution in [3.05, 3.63) is 22.4 Å². The Morgan fingerprint density at radius 3 is 2.93 bits per heavy atom. The van der Waals surface area contributed by atoms with Gasteiger partial charge in [-0.05, 0) is 31.5 Å². The lowest BCUT2D eigenvalue weighted by atomic mass is 10.1. The van der Waals surface area contributed by atoms with Crippen LogP contribution in [-0.2, 0) is 11.3 Å². The van der Waals surface area contributed by atoms with Crippen LogP contribution in [0.15, 0.2) is 17.5 Å². The van der Waals surface area contributed by atoms with Gasteiger partial charge in [-0.1, -0.05) is 13.0 Å². The highest BCUT2D eigenvalue weighted by molar-refractivity contribution is 7.09. The van der Waals surface area contributed by atoms with Gasteiger partial charge >= 0.3 is 5.97 Å². The highest BCUT2D eigenvalue weighted by Crippen LogP contribution is 2.12. The molecule has 0 aliphatic heterocycles. The number of hydrogen-bond donors (Lipinski definition) is 1. The molecule has 0 radical (unpaired) electrons. The molecule has 1 atom stereocenters. The number of nitrogens with zero attached hydrogens (tertiary/aromatic N) is 1. The molecule has 1 heterocycles. The molecule has 1 unspecified atom stereocenters. The molecule has 0 saturated heterocycles. The molecule has 0 aromatic carbocycles. The van der Waals surface area contributed by atoms with Crippen molar-refractivity contribution < 1.29 is 9.90 Å². The van der Waals surface area contributed by atoms with Gasteiger partial charge < -0.3 is 10.0 Å². The molecule has 4 heteroatoms. The van der Waals surface area contributed by atoms with Crippen molar-refractivity contribution in [2.45, 2.75) is 19.9 Å². The van der Waals surface area contributed by atoms with E-state index in [-0.39, 0.29) is 5.92 Å². The van der Waals surface area contributed by atoms with E-state index in [1.54, 1.807) is 18.3 Å². The summed E-state index contributed by atoms with van der Waals surface area (Å²) in [5.41, 5.74) is 0. The summed E-state index contributed by atoms with van der Waals surface area (Å²) in [6.07, 6.45) is 0.706. The summed E-state index contributed by atoms with van der Waals surface area (Å²) in [5.74, 6) is -0.963. The summed E-state index contributed by atoms with van der Waals surface area (Å²) >= 11 is 1.73. The minimum Gasteiger partial charge on any atom is -0.481 e. The average molecular weight is 227 g/mol. The third-order valence-electron chi connectivity index (χ3n) is 2.37. The standard InChI is InChI=1S/C11H17NO2S/c1-9(11(13)14)5-6-12(2)8-10-4-3-7-15-10/h3-4,7,9H,5-6,8H2,1-2H3,(H,13,14). The first kappa shape index (κ1) is 12.2. The minimum absolute atomic E-state index is 0.254. The van der Waals surface area contributed by atoms with Crippen molar-refractivity contribution in [1.29, 1.82) is 0 Å². The van der Waals surface area contributed by atoms with Crippen molar-refractivity contribution in [1.82, 2.24) is 4.90 Å². The smallest absolute Gasteiger partial charge is 0.306 e. The highest BCUT2D eigenvalue weighted by atomic mass is 32.1. The molecule has 15 heavy (non-hydrogen) atoms. The Bertz CT molecular complexity index is 298. The third kappa shape index (κ3) is 4.44. The van der Waals surface area contributed by atoms with Crippen LogP contribution in [0, 0.1) is 5.92 Å². The summed E-state index contributed by atoms with van der Waals surface area (Å²) in [6, 6.07) is 4.13. The SMILES string of the molecule is CC(CCN(C)Cc1cccs1)C(=O)O. The molecule has 0 aliphatic carbocycles. The van der Waals surface area contributed by atoms with Crippen LogP contribution in [0.2, 0.25) is 0 Å². The van der Waals surface area contributed by atoms with Crippen LogP contribution in [0.4, 0.5) is 0 Å². The summed E-state index contributed by atoms with van der Waals surface area (Å²) < 4.78 is 0. The second-order valence-electron chi connectivity index (χ2n) is 3.85. The molecule has 1 aromatic heterocycles. The lowest BCUT2D eigenvalue weighted by Crippen LogP contribution is -2.22. The number of carbonyl (C=O) groups is 1. The van der Waals surface area contributed by atoms with Gasteiger partial charge in [0, 0.05) is 11.4 Å². The predicted molar refractivity (Wildman–Crippen MR) is 62.1 cm³/mol. The molecule has 3 nitrogen and oxygen atoms in total. The van der Waals surface area contributed by atoms with Crippen LogP contribution in [0.3, 0.4) is 0 Å². The normalized spacial score (nSPS) is 13.0. The third-order valence-corrected chi connectivity index (χ3v) is 3.23. The number of carboxylic acids is 1. The Balaban J connectivity index is 2.25. The summed E-state index contributed by atoms with van der Waals surface area (Å²) in [5, 5.41) is 10.8. The topological polar surface area (TPSA) is 40.5 Å². The zero-order valence-corrected chi connectivity index (χ0v) is 9.96. The Labute approximate surface area is 94.3 Å². The molecule has 1 rings (SSSR count). The summed E-state index contributed by atoms with van der Waals surface area (Å²) in [7, 11) is 2.02. The lowest BCUT2D eigenvalue weighted by Gasteiger charge is -2.16. The number of aliphatic carboxylic acids is 1. The molecule has 0 spiro atoms. The van der Waals surface area contributed by atoms with E-state index in [9.17, 15) is 4.79 Å². The quantitative estimate of drug-likeness (QED) is 0.810. The van der Waals surface area contributed by atoms with Gasteiger partial charge in [0.2, 0.25) is 0 Å². The lowest BCUT2D eigenvalue weighted by molar-refractivity contribution is -0.141. The highest BCUT2D eigenvalue weighted by Gasteiger charge is 2.11. The van der Waals surface area contributed by atoms with Crippen LogP contribution in [0.25, 0.3) is 0 Å². The van der Waals surface area contributed by atoms with E-state index in [1.807, 2.05) is 13.1 Å². The van der Waals surface area contributed by atoms with Crippen molar-refractivity contribution in [3.8, 4) is 0 Å². The molecule has 0 bridgehead atoms. The van der Waals surface area contributed by atoms with Gasteiger partial charge in [0.25, 0.3) is 0 Å². The molecule has 1 aromatic rings. The molecule has 0 saturated carbocycles. The summed E-state index contributed by atoms with van der Waals surface area (Å²) in [6.45, 7) is 3.48. The zero-order chi connectivity index (χ0) is 11.3. The number of rotatable bonds is 6. The van der Waals surface area contributed by atoms with Crippen molar-refractivity contribution >= 4 is 17.3 Å². The van der Waals surface area contributed by atoms with E-state index in [0.717, 1.165) is 13.1 Å². The zero-order valence-electron chi connectivity index (χ0n) is 9.14.